The van der Waals surface area contributed by atoms with Crippen molar-refractivity contribution in [1.29, 1.82) is 0 Å². The van der Waals surface area contributed by atoms with Gasteiger partial charge in [0.05, 0.1) is 0 Å². The Hall–Kier alpha value is -2.56. The van der Waals surface area contributed by atoms with Crippen LogP contribution in [-0.2, 0) is 6.54 Å². The van der Waals surface area contributed by atoms with Crippen LogP contribution in [0.3, 0.4) is 0 Å². The largest absolute Gasteiger partial charge is 0.366 e. The van der Waals surface area contributed by atoms with Gasteiger partial charge in [-0.25, -0.2) is 4.98 Å². The van der Waals surface area contributed by atoms with Crippen molar-refractivity contribution in [2.24, 2.45) is 0 Å². The highest BCUT2D eigenvalue weighted by Crippen LogP contribution is 2.38. The molecule has 0 saturated heterocycles. The first-order chi connectivity index (χ1) is 11.8. The normalized spacial score (nSPS) is 19.5. The standard InChI is InChI=1S/C19H20N4O/c24-19-17-10-13(11-23(17)9-8-21-19)14-6-7-20-18-15(14)4-5-16(22-18)12-2-1-3-12/h4-6,10-12H,1-3,7-9H2,(H,20,22)(H,21,24). The van der Waals surface area contributed by atoms with E-state index in [2.05, 4.69) is 35.0 Å². The molecule has 2 aromatic heterocycles. The Labute approximate surface area is 140 Å². The monoisotopic (exact) mass is 320 g/mol. The molecule has 0 bridgehead atoms. The maximum absolute atomic E-state index is 12.0. The SMILES string of the molecule is O=C1NCCn2cc(C3=CCNc4nc(C5CCC5)ccc43)cc21. The van der Waals surface area contributed by atoms with Crippen LogP contribution >= 0.6 is 0 Å². The zero-order valence-corrected chi connectivity index (χ0v) is 13.5. The molecule has 0 unspecified atom stereocenters. The first kappa shape index (κ1) is 13.8. The van der Waals surface area contributed by atoms with Gasteiger partial charge in [-0.15, -0.1) is 0 Å². The highest BCUT2D eigenvalue weighted by Gasteiger charge is 2.25. The number of rotatable bonds is 2. The van der Waals surface area contributed by atoms with Gasteiger partial charge < -0.3 is 15.2 Å². The summed E-state index contributed by atoms with van der Waals surface area (Å²) in [6.45, 7) is 2.30. The number of hydrogen-bond acceptors (Lipinski definition) is 3. The molecule has 1 fully saturated rings. The molecular formula is C19H20N4O. The van der Waals surface area contributed by atoms with Gasteiger partial charge in [0.25, 0.3) is 5.91 Å². The van der Waals surface area contributed by atoms with Gasteiger partial charge in [0.2, 0.25) is 0 Å². The van der Waals surface area contributed by atoms with Gasteiger partial charge in [0, 0.05) is 48.6 Å². The molecule has 1 aliphatic carbocycles. The minimum Gasteiger partial charge on any atom is -0.366 e. The number of carbonyl (C=O) groups excluding carboxylic acids is 1. The Bertz CT molecular complexity index is 860. The number of amides is 1. The second-order valence-electron chi connectivity index (χ2n) is 6.82. The van der Waals surface area contributed by atoms with Crippen molar-refractivity contribution in [2.45, 2.75) is 31.7 Å². The predicted octanol–water partition coefficient (Wildman–Crippen LogP) is 2.75. The summed E-state index contributed by atoms with van der Waals surface area (Å²) in [6, 6.07) is 6.35. The molecule has 3 aliphatic rings. The van der Waals surface area contributed by atoms with Crippen LogP contribution in [0, 0.1) is 0 Å². The van der Waals surface area contributed by atoms with Crippen LogP contribution in [0.25, 0.3) is 5.57 Å². The van der Waals surface area contributed by atoms with Gasteiger partial charge in [-0.05, 0) is 36.6 Å². The fraction of sp³-hybridized carbons (Fsp3) is 0.368. The van der Waals surface area contributed by atoms with Gasteiger partial charge in [-0.3, -0.25) is 4.79 Å². The Morgan fingerprint density at radius 3 is 2.92 bits per heavy atom. The van der Waals surface area contributed by atoms with E-state index in [1.807, 2.05) is 10.6 Å². The first-order valence-electron chi connectivity index (χ1n) is 8.74. The molecule has 5 nitrogen and oxygen atoms in total. The number of nitrogens with one attached hydrogen (secondary N) is 2. The lowest BCUT2D eigenvalue weighted by atomic mass is 9.82. The van der Waals surface area contributed by atoms with E-state index in [-0.39, 0.29) is 5.91 Å². The zero-order valence-electron chi connectivity index (χ0n) is 13.5. The van der Waals surface area contributed by atoms with Crippen LogP contribution in [0.5, 0.6) is 0 Å². The summed E-state index contributed by atoms with van der Waals surface area (Å²) >= 11 is 0. The van der Waals surface area contributed by atoms with Crippen molar-refractivity contribution in [2.75, 3.05) is 18.4 Å². The van der Waals surface area contributed by atoms with Gasteiger partial charge in [0.1, 0.15) is 11.5 Å². The van der Waals surface area contributed by atoms with Crippen molar-refractivity contribution in [3.05, 3.63) is 53.0 Å². The Morgan fingerprint density at radius 2 is 2.12 bits per heavy atom. The van der Waals surface area contributed by atoms with E-state index in [1.54, 1.807) is 0 Å². The summed E-state index contributed by atoms with van der Waals surface area (Å²) in [5.74, 6) is 1.63. The van der Waals surface area contributed by atoms with E-state index in [1.165, 1.54) is 30.5 Å². The van der Waals surface area contributed by atoms with Gasteiger partial charge in [-0.1, -0.05) is 12.5 Å². The van der Waals surface area contributed by atoms with Crippen molar-refractivity contribution in [1.82, 2.24) is 14.9 Å². The van der Waals surface area contributed by atoms with E-state index in [0.29, 0.717) is 12.5 Å². The van der Waals surface area contributed by atoms with Gasteiger partial charge >= 0.3 is 0 Å². The lowest BCUT2D eigenvalue weighted by Crippen LogP contribution is -2.34. The number of aromatic nitrogens is 2. The summed E-state index contributed by atoms with van der Waals surface area (Å²) in [4.78, 5) is 16.9. The second-order valence-corrected chi connectivity index (χ2v) is 6.82. The van der Waals surface area contributed by atoms with Crippen LogP contribution in [0.2, 0.25) is 0 Å². The van der Waals surface area contributed by atoms with Crippen molar-refractivity contribution in [3.63, 3.8) is 0 Å². The molecule has 2 N–H and O–H groups in total. The summed E-state index contributed by atoms with van der Waals surface area (Å²) in [7, 11) is 0. The molecule has 0 atom stereocenters. The topological polar surface area (TPSA) is 59.0 Å². The van der Waals surface area contributed by atoms with E-state index in [9.17, 15) is 4.79 Å². The molecule has 5 rings (SSSR count). The molecule has 5 heteroatoms. The third-order valence-electron chi connectivity index (χ3n) is 5.38. The molecule has 122 valence electrons. The average Bonchev–Trinajstić information content (AvgIpc) is 2.98. The zero-order chi connectivity index (χ0) is 16.1. The Kier molecular flexibility index (Phi) is 3.01. The molecule has 2 aromatic rings. The lowest BCUT2D eigenvalue weighted by molar-refractivity contribution is 0.0928. The lowest BCUT2D eigenvalue weighted by Gasteiger charge is -2.26. The number of fused-ring (bicyclic) bond motifs is 2. The molecule has 0 aromatic carbocycles. The maximum atomic E-state index is 12.0. The summed E-state index contributed by atoms with van der Waals surface area (Å²) in [5, 5.41) is 6.31. The number of hydrogen-bond donors (Lipinski definition) is 2. The fourth-order valence-corrected chi connectivity index (χ4v) is 3.80. The van der Waals surface area contributed by atoms with Crippen LogP contribution in [-0.4, -0.2) is 28.5 Å². The van der Waals surface area contributed by atoms with Gasteiger partial charge in [-0.2, -0.15) is 0 Å². The molecule has 24 heavy (non-hydrogen) atoms. The number of nitrogens with zero attached hydrogens (tertiary/aromatic N) is 2. The fourth-order valence-electron chi connectivity index (χ4n) is 3.80. The second kappa shape index (κ2) is 5.23. The van der Waals surface area contributed by atoms with Crippen LogP contribution < -0.4 is 10.6 Å². The van der Waals surface area contributed by atoms with Crippen LogP contribution in [0.4, 0.5) is 5.82 Å². The molecule has 1 amide bonds. The molecule has 2 aliphatic heterocycles. The minimum absolute atomic E-state index is 0.0146. The number of anilines is 1. The Balaban J connectivity index is 1.54. The summed E-state index contributed by atoms with van der Waals surface area (Å²) in [5.41, 5.74) is 5.36. The summed E-state index contributed by atoms with van der Waals surface area (Å²) < 4.78 is 2.05. The Morgan fingerprint density at radius 1 is 1.21 bits per heavy atom. The molecule has 4 heterocycles. The molecule has 0 spiro atoms. The highest BCUT2D eigenvalue weighted by molar-refractivity contribution is 5.96. The number of pyridine rings is 1. The third-order valence-corrected chi connectivity index (χ3v) is 5.38. The van der Waals surface area contributed by atoms with Crippen molar-refractivity contribution in [3.8, 4) is 0 Å². The average molecular weight is 320 g/mol. The molecule has 1 saturated carbocycles. The minimum atomic E-state index is 0.0146. The van der Waals surface area contributed by atoms with E-state index >= 15 is 0 Å². The van der Waals surface area contributed by atoms with Crippen molar-refractivity contribution < 1.29 is 4.79 Å². The van der Waals surface area contributed by atoms with Crippen molar-refractivity contribution >= 4 is 17.3 Å². The highest BCUT2D eigenvalue weighted by atomic mass is 16.2. The maximum Gasteiger partial charge on any atom is 0.267 e. The number of carbonyl (C=O) groups is 1. The molecule has 0 radical (unpaired) electrons. The predicted molar refractivity (Wildman–Crippen MR) is 93.2 cm³/mol. The van der Waals surface area contributed by atoms with E-state index in [4.69, 9.17) is 4.98 Å². The molecular weight excluding hydrogens is 300 g/mol. The smallest absolute Gasteiger partial charge is 0.267 e. The first-order valence-corrected chi connectivity index (χ1v) is 8.74. The van der Waals surface area contributed by atoms with Gasteiger partial charge in [0.15, 0.2) is 0 Å². The summed E-state index contributed by atoms with van der Waals surface area (Å²) in [6.07, 6.45) is 8.12. The van der Waals surface area contributed by atoms with Crippen LogP contribution in [0.15, 0.2) is 30.5 Å². The third kappa shape index (κ3) is 2.08. The van der Waals surface area contributed by atoms with E-state index < -0.39 is 0 Å². The van der Waals surface area contributed by atoms with E-state index in [0.717, 1.165) is 35.7 Å². The quantitative estimate of drug-likeness (QED) is 0.894. The van der Waals surface area contributed by atoms with Crippen LogP contribution in [0.1, 0.15) is 52.5 Å².